The molecule has 1 saturated heterocycles. The number of hydrogen-bond donors (Lipinski definition) is 2. The lowest BCUT2D eigenvalue weighted by atomic mass is 10.1. The van der Waals surface area contributed by atoms with E-state index in [0.29, 0.717) is 17.2 Å². The van der Waals surface area contributed by atoms with Gasteiger partial charge in [-0.3, -0.25) is 15.0 Å². The molecule has 0 amide bonds. The van der Waals surface area contributed by atoms with Crippen molar-refractivity contribution in [2.24, 2.45) is 0 Å². The number of benzene rings is 1. The van der Waals surface area contributed by atoms with E-state index in [1.165, 1.54) is 18.4 Å². The maximum absolute atomic E-state index is 5.42. The lowest BCUT2D eigenvalue weighted by Gasteiger charge is -2.14. The Balaban J connectivity index is 1.27. The number of H-pyrrole nitrogens is 2. The van der Waals surface area contributed by atoms with Crippen LogP contribution < -0.4 is 4.74 Å². The Kier molecular flexibility index (Phi) is 5.55. The Bertz CT molecular complexity index is 1770. The van der Waals surface area contributed by atoms with E-state index >= 15 is 0 Å². The highest BCUT2D eigenvalue weighted by molar-refractivity contribution is 5.95. The molecule has 1 aliphatic heterocycles. The quantitative estimate of drug-likeness (QED) is 0.321. The molecule has 0 unspecified atom stereocenters. The number of nitrogens with zero attached hydrogens (tertiary/aromatic N) is 6. The van der Waals surface area contributed by atoms with E-state index in [1.807, 2.05) is 54.9 Å². The number of ether oxygens (including phenoxy) is 1. The van der Waals surface area contributed by atoms with Crippen molar-refractivity contribution >= 4 is 22.2 Å². The molecule has 7 rings (SSSR count). The fourth-order valence-electron chi connectivity index (χ4n) is 5.18. The number of rotatable bonds is 6. The van der Waals surface area contributed by atoms with Crippen molar-refractivity contribution in [3.05, 3.63) is 72.7 Å². The van der Waals surface area contributed by atoms with Crippen molar-refractivity contribution in [3.63, 3.8) is 0 Å². The molecular formula is C29H26N8O. The Hall–Kier alpha value is -4.63. The zero-order valence-electron chi connectivity index (χ0n) is 21.0. The highest BCUT2D eigenvalue weighted by atomic mass is 16.5. The first-order valence-electron chi connectivity index (χ1n) is 12.8. The van der Waals surface area contributed by atoms with Crippen LogP contribution in [0.15, 0.2) is 67.1 Å². The van der Waals surface area contributed by atoms with Gasteiger partial charge in [-0.15, -0.1) is 0 Å². The Labute approximate surface area is 219 Å². The van der Waals surface area contributed by atoms with E-state index in [9.17, 15) is 0 Å². The summed E-state index contributed by atoms with van der Waals surface area (Å²) in [6.45, 7) is 3.22. The van der Waals surface area contributed by atoms with Crippen molar-refractivity contribution in [2.75, 3.05) is 20.2 Å². The minimum absolute atomic E-state index is 0.611. The highest BCUT2D eigenvalue weighted by Gasteiger charge is 2.18. The van der Waals surface area contributed by atoms with Gasteiger partial charge < -0.3 is 9.72 Å². The number of hydrogen-bond acceptors (Lipinski definition) is 7. The van der Waals surface area contributed by atoms with Gasteiger partial charge in [-0.25, -0.2) is 15.0 Å². The van der Waals surface area contributed by atoms with Crippen molar-refractivity contribution in [3.8, 4) is 39.7 Å². The molecule has 1 aliphatic rings. The first-order chi connectivity index (χ1) is 18.7. The molecule has 9 heteroatoms. The van der Waals surface area contributed by atoms with Crippen LogP contribution in [0.5, 0.6) is 5.75 Å². The monoisotopic (exact) mass is 502 g/mol. The lowest BCUT2D eigenvalue weighted by Crippen LogP contribution is -2.18. The summed E-state index contributed by atoms with van der Waals surface area (Å²) < 4.78 is 5.42. The average molecular weight is 503 g/mol. The van der Waals surface area contributed by atoms with E-state index in [2.05, 4.69) is 36.1 Å². The third kappa shape index (κ3) is 4.06. The highest BCUT2D eigenvalue weighted by Crippen LogP contribution is 2.32. The average Bonchev–Trinajstić information content (AvgIpc) is 3.72. The van der Waals surface area contributed by atoms with Crippen LogP contribution in [0.1, 0.15) is 18.4 Å². The molecule has 6 aromatic rings. The molecule has 0 saturated carbocycles. The summed E-state index contributed by atoms with van der Waals surface area (Å²) in [5.41, 5.74) is 8.69. The molecule has 0 spiro atoms. The van der Waals surface area contributed by atoms with Crippen molar-refractivity contribution in [1.82, 2.24) is 40.0 Å². The third-order valence-corrected chi connectivity index (χ3v) is 7.09. The minimum atomic E-state index is 0.611. The van der Waals surface area contributed by atoms with Crippen LogP contribution in [-0.4, -0.2) is 60.2 Å². The van der Waals surface area contributed by atoms with E-state index in [0.717, 1.165) is 64.3 Å². The number of aromatic nitrogens is 7. The Morgan fingerprint density at radius 2 is 1.87 bits per heavy atom. The predicted molar refractivity (Wildman–Crippen MR) is 147 cm³/mol. The number of aromatic amines is 2. The molecule has 38 heavy (non-hydrogen) atoms. The van der Waals surface area contributed by atoms with Crippen LogP contribution in [-0.2, 0) is 6.54 Å². The summed E-state index contributed by atoms with van der Waals surface area (Å²) in [4.78, 5) is 24.7. The van der Waals surface area contributed by atoms with E-state index in [4.69, 9.17) is 14.7 Å². The van der Waals surface area contributed by atoms with Crippen LogP contribution in [0.25, 0.3) is 56.1 Å². The Morgan fingerprint density at radius 3 is 2.76 bits per heavy atom. The molecule has 188 valence electrons. The number of nitrogens with one attached hydrogen (secondary N) is 2. The fraction of sp³-hybridized carbons (Fsp3) is 0.207. The summed E-state index contributed by atoms with van der Waals surface area (Å²) in [7, 11) is 1.66. The summed E-state index contributed by atoms with van der Waals surface area (Å²) in [6, 6.07) is 16.1. The van der Waals surface area contributed by atoms with Gasteiger partial charge in [0.05, 0.1) is 18.3 Å². The number of fused-ring (bicyclic) bond motifs is 2. The first kappa shape index (κ1) is 22.6. The third-order valence-electron chi connectivity index (χ3n) is 7.09. The van der Waals surface area contributed by atoms with Gasteiger partial charge in [0, 0.05) is 36.3 Å². The van der Waals surface area contributed by atoms with Crippen LogP contribution in [0.4, 0.5) is 0 Å². The Morgan fingerprint density at radius 1 is 0.947 bits per heavy atom. The molecule has 2 N–H and O–H groups in total. The van der Waals surface area contributed by atoms with E-state index in [-0.39, 0.29) is 0 Å². The molecule has 0 bridgehead atoms. The first-order valence-corrected chi connectivity index (χ1v) is 12.8. The van der Waals surface area contributed by atoms with Crippen LogP contribution in [0.2, 0.25) is 0 Å². The SMILES string of the molecule is COc1cccc(-c2ccnc3[nH]c(-c4n[nH]c5ccc(-c6cncc(CN7CCCC7)c6)nc45)nc23)c1. The van der Waals surface area contributed by atoms with Crippen LogP contribution in [0, 0.1) is 0 Å². The molecule has 0 atom stereocenters. The number of pyridine rings is 3. The minimum Gasteiger partial charge on any atom is -0.497 e. The zero-order chi connectivity index (χ0) is 25.5. The van der Waals surface area contributed by atoms with Crippen molar-refractivity contribution < 1.29 is 4.74 Å². The largest absolute Gasteiger partial charge is 0.497 e. The number of imidazole rings is 1. The van der Waals surface area contributed by atoms with Crippen molar-refractivity contribution in [2.45, 2.75) is 19.4 Å². The molecule has 1 fully saturated rings. The predicted octanol–water partition coefficient (Wildman–Crippen LogP) is 5.23. The molecular weight excluding hydrogens is 476 g/mol. The molecule has 1 aromatic carbocycles. The summed E-state index contributed by atoms with van der Waals surface area (Å²) >= 11 is 0. The number of methoxy groups -OCH3 is 1. The second kappa shape index (κ2) is 9.35. The van der Waals surface area contributed by atoms with Crippen LogP contribution >= 0.6 is 0 Å². The van der Waals surface area contributed by atoms with E-state index in [1.54, 1.807) is 13.3 Å². The summed E-state index contributed by atoms with van der Waals surface area (Å²) in [5.74, 6) is 1.40. The van der Waals surface area contributed by atoms with Gasteiger partial charge in [0.25, 0.3) is 0 Å². The molecule has 0 radical (unpaired) electrons. The summed E-state index contributed by atoms with van der Waals surface area (Å²) in [6.07, 6.45) is 8.14. The zero-order valence-corrected chi connectivity index (χ0v) is 21.0. The standard InChI is InChI=1S/C29H26N8O/c1-38-21-6-4-5-19(14-21)22-9-10-31-28-25(22)33-29(34-28)27-26-24(35-36-27)8-7-23(32-26)20-13-18(15-30-16-20)17-37-11-2-3-12-37/h4-10,13-16H,2-3,11-12,17H2,1H3,(H,35,36)(H,31,33,34). The summed E-state index contributed by atoms with van der Waals surface area (Å²) in [5, 5.41) is 7.66. The van der Waals surface area contributed by atoms with Gasteiger partial charge in [-0.2, -0.15) is 5.10 Å². The van der Waals surface area contributed by atoms with E-state index < -0.39 is 0 Å². The maximum Gasteiger partial charge on any atom is 0.162 e. The second-order valence-electron chi connectivity index (χ2n) is 9.60. The normalized spacial score (nSPS) is 14.0. The van der Waals surface area contributed by atoms with Gasteiger partial charge in [0.1, 0.15) is 16.8 Å². The van der Waals surface area contributed by atoms with Gasteiger partial charge >= 0.3 is 0 Å². The fourth-order valence-corrected chi connectivity index (χ4v) is 5.18. The second-order valence-corrected chi connectivity index (χ2v) is 9.60. The van der Waals surface area contributed by atoms with Gasteiger partial charge in [-0.05, 0) is 73.5 Å². The maximum atomic E-state index is 5.42. The van der Waals surface area contributed by atoms with Gasteiger partial charge in [0.2, 0.25) is 0 Å². The smallest absolute Gasteiger partial charge is 0.162 e. The number of likely N-dealkylation sites (tertiary alicyclic amines) is 1. The molecule has 5 aromatic heterocycles. The lowest BCUT2D eigenvalue weighted by molar-refractivity contribution is 0.331. The topological polar surface area (TPSA) is 108 Å². The van der Waals surface area contributed by atoms with Crippen molar-refractivity contribution in [1.29, 1.82) is 0 Å². The van der Waals surface area contributed by atoms with Gasteiger partial charge in [0.15, 0.2) is 17.2 Å². The van der Waals surface area contributed by atoms with Crippen LogP contribution in [0.3, 0.4) is 0 Å². The molecule has 6 heterocycles. The van der Waals surface area contributed by atoms with Gasteiger partial charge in [-0.1, -0.05) is 12.1 Å². The molecule has 0 aliphatic carbocycles. The molecule has 9 nitrogen and oxygen atoms in total.